The van der Waals surface area contributed by atoms with E-state index in [9.17, 15) is 4.79 Å². The molecular weight excluding hydrogens is 196 g/mol. The zero-order chi connectivity index (χ0) is 11.3. The van der Waals surface area contributed by atoms with Gasteiger partial charge in [0.1, 0.15) is 11.4 Å². The molecule has 15 heavy (non-hydrogen) atoms. The van der Waals surface area contributed by atoms with Crippen molar-refractivity contribution in [3.63, 3.8) is 0 Å². The van der Waals surface area contributed by atoms with Crippen LogP contribution in [0.5, 0.6) is 0 Å². The quantitative estimate of drug-likeness (QED) is 0.674. The summed E-state index contributed by atoms with van der Waals surface area (Å²) in [5.41, 5.74) is 0.142. The number of hydrogen-bond donors (Lipinski definition) is 3. The fourth-order valence-electron chi connectivity index (χ4n) is 1.12. The molecule has 1 rings (SSSR count). The summed E-state index contributed by atoms with van der Waals surface area (Å²) in [7, 11) is 0. The van der Waals surface area contributed by atoms with Gasteiger partial charge in [-0.25, -0.2) is 9.78 Å². The monoisotopic (exact) mass is 210 g/mol. The Morgan fingerprint density at radius 1 is 1.67 bits per heavy atom. The number of anilines is 1. The predicted octanol–water partition coefficient (Wildman–Crippen LogP) is 0.963. The SMILES string of the molecule is C[C@H](O)CCNc1ncccc1C(=O)O. The Kier molecular flexibility index (Phi) is 4.05. The number of hydrogen-bond acceptors (Lipinski definition) is 4. The van der Waals surface area contributed by atoms with E-state index >= 15 is 0 Å². The molecule has 0 aliphatic carbocycles. The summed E-state index contributed by atoms with van der Waals surface area (Å²) in [5, 5.41) is 20.8. The van der Waals surface area contributed by atoms with Crippen LogP contribution < -0.4 is 5.32 Å². The van der Waals surface area contributed by atoms with Crippen molar-refractivity contribution in [3.05, 3.63) is 23.9 Å². The number of aliphatic hydroxyl groups is 1. The van der Waals surface area contributed by atoms with Gasteiger partial charge in [0.05, 0.1) is 6.10 Å². The summed E-state index contributed by atoms with van der Waals surface area (Å²) < 4.78 is 0. The van der Waals surface area contributed by atoms with Crippen LogP contribution in [0.2, 0.25) is 0 Å². The van der Waals surface area contributed by atoms with Gasteiger partial charge >= 0.3 is 5.97 Å². The van der Waals surface area contributed by atoms with Crippen molar-refractivity contribution in [2.45, 2.75) is 19.4 Å². The summed E-state index contributed by atoms with van der Waals surface area (Å²) in [6, 6.07) is 3.06. The lowest BCUT2D eigenvalue weighted by Gasteiger charge is -2.08. The molecule has 0 aliphatic rings. The highest BCUT2D eigenvalue weighted by atomic mass is 16.4. The van der Waals surface area contributed by atoms with E-state index in [1.807, 2.05) is 0 Å². The molecule has 0 amide bonds. The molecule has 5 nitrogen and oxygen atoms in total. The van der Waals surface area contributed by atoms with E-state index in [1.54, 1.807) is 13.0 Å². The predicted molar refractivity (Wildman–Crippen MR) is 56.0 cm³/mol. The number of rotatable bonds is 5. The summed E-state index contributed by atoms with van der Waals surface area (Å²) >= 11 is 0. The highest BCUT2D eigenvalue weighted by Crippen LogP contribution is 2.11. The van der Waals surface area contributed by atoms with Gasteiger partial charge in [-0.2, -0.15) is 0 Å². The first-order chi connectivity index (χ1) is 7.11. The average molecular weight is 210 g/mol. The molecule has 0 radical (unpaired) electrons. The molecule has 1 heterocycles. The largest absolute Gasteiger partial charge is 0.478 e. The fourth-order valence-corrected chi connectivity index (χ4v) is 1.12. The van der Waals surface area contributed by atoms with Crippen molar-refractivity contribution < 1.29 is 15.0 Å². The maximum atomic E-state index is 10.8. The maximum Gasteiger partial charge on any atom is 0.339 e. The number of pyridine rings is 1. The zero-order valence-electron chi connectivity index (χ0n) is 8.47. The van der Waals surface area contributed by atoms with Gasteiger partial charge < -0.3 is 15.5 Å². The first-order valence-corrected chi connectivity index (χ1v) is 4.71. The first-order valence-electron chi connectivity index (χ1n) is 4.71. The highest BCUT2D eigenvalue weighted by Gasteiger charge is 2.09. The number of nitrogens with one attached hydrogen (secondary N) is 1. The van der Waals surface area contributed by atoms with Gasteiger partial charge in [0, 0.05) is 12.7 Å². The van der Waals surface area contributed by atoms with E-state index in [0.29, 0.717) is 18.8 Å². The molecule has 0 saturated carbocycles. The molecule has 5 heteroatoms. The molecule has 3 N–H and O–H groups in total. The van der Waals surface area contributed by atoms with Crippen LogP contribution in [0.25, 0.3) is 0 Å². The van der Waals surface area contributed by atoms with E-state index in [4.69, 9.17) is 10.2 Å². The van der Waals surface area contributed by atoms with E-state index in [1.165, 1.54) is 12.3 Å². The number of aromatic nitrogens is 1. The van der Waals surface area contributed by atoms with Gasteiger partial charge in [-0.05, 0) is 25.5 Å². The average Bonchev–Trinajstić information content (AvgIpc) is 2.17. The van der Waals surface area contributed by atoms with Crippen LogP contribution in [0, 0.1) is 0 Å². The van der Waals surface area contributed by atoms with Crippen molar-refractivity contribution in [2.24, 2.45) is 0 Å². The third-order valence-electron chi connectivity index (χ3n) is 1.89. The van der Waals surface area contributed by atoms with Gasteiger partial charge in [0.25, 0.3) is 0 Å². The van der Waals surface area contributed by atoms with Crippen LogP contribution in [-0.4, -0.2) is 33.8 Å². The van der Waals surface area contributed by atoms with E-state index in [-0.39, 0.29) is 5.56 Å². The number of carbonyl (C=O) groups is 1. The third kappa shape index (κ3) is 3.55. The summed E-state index contributed by atoms with van der Waals surface area (Å²) in [6.07, 6.45) is 1.67. The molecule has 0 spiro atoms. The second-order valence-electron chi connectivity index (χ2n) is 3.27. The Morgan fingerprint density at radius 3 is 3.00 bits per heavy atom. The Labute approximate surface area is 87.8 Å². The molecule has 82 valence electrons. The van der Waals surface area contributed by atoms with Gasteiger partial charge in [0.2, 0.25) is 0 Å². The van der Waals surface area contributed by atoms with Crippen molar-refractivity contribution >= 4 is 11.8 Å². The van der Waals surface area contributed by atoms with Crippen LogP contribution in [0.4, 0.5) is 5.82 Å². The minimum Gasteiger partial charge on any atom is -0.478 e. The lowest BCUT2D eigenvalue weighted by molar-refractivity contribution is 0.0697. The third-order valence-corrected chi connectivity index (χ3v) is 1.89. The first kappa shape index (κ1) is 11.5. The minimum atomic E-state index is -1.01. The van der Waals surface area contributed by atoms with Crippen LogP contribution in [0.1, 0.15) is 23.7 Å². The van der Waals surface area contributed by atoms with Gasteiger partial charge in [0.15, 0.2) is 0 Å². The lowest BCUT2D eigenvalue weighted by atomic mass is 10.2. The van der Waals surface area contributed by atoms with Crippen LogP contribution in [0.15, 0.2) is 18.3 Å². The Morgan fingerprint density at radius 2 is 2.40 bits per heavy atom. The van der Waals surface area contributed by atoms with Crippen LogP contribution >= 0.6 is 0 Å². The molecule has 0 aliphatic heterocycles. The molecule has 0 fully saturated rings. The maximum absolute atomic E-state index is 10.8. The number of aliphatic hydroxyl groups excluding tert-OH is 1. The van der Waals surface area contributed by atoms with Crippen molar-refractivity contribution in [2.75, 3.05) is 11.9 Å². The number of carboxylic acids is 1. The molecular formula is C10H14N2O3. The smallest absolute Gasteiger partial charge is 0.339 e. The molecule has 0 aromatic carbocycles. The number of carboxylic acid groups (broad SMARTS) is 1. The number of nitrogens with zero attached hydrogens (tertiary/aromatic N) is 1. The van der Waals surface area contributed by atoms with E-state index < -0.39 is 12.1 Å². The molecule has 1 aromatic heterocycles. The lowest BCUT2D eigenvalue weighted by Crippen LogP contribution is -2.13. The molecule has 0 bridgehead atoms. The highest BCUT2D eigenvalue weighted by molar-refractivity contribution is 5.92. The minimum absolute atomic E-state index is 0.142. The standard InChI is InChI=1S/C10H14N2O3/c1-7(13)4-6-12-9-8(10(14)15)3-2-5-11-9/h2-3,5,7,13H,4,6H2,1H3,(H,11,12)(H,14,15)/t7-/m0/s1. The molecule has 1 aromatic rings. The summed E-state index contributed by atoms with van der Waals surface area (Å²) in [4.78, 5) is 14.7. The topological polar surface area (TPSA) is 82.5 Å². The van der Waals surface area contributed by atoms with Crippen molar-refractivity contribution in [3.8, 4) is 0 Å². The summed E-state index contributed by atoms with van der Waals surface area (Å²) in [6.45, 7) is 2.17. The fraction of sp³-hybridized carbons (Fsp3) is 0.400. The van der Waals surface area contributed by atoms with Crippen molar-refractivity contribution in [1.29, 1.82) is 0 Å². The molecule has 1 atom stereocenters. The Balaban J connectivity index is 2.63. The van der Waals surface area contributed by atoms with Gasteiger partial charge in [-0.1, -0.05) is 0 Å². The van der Waals surface area contributed by atoms with E-state index in [0.717, 1.165) is 0 Å². The zero-order valence-corrected chi connectivity index (χ0v) is 8.47. The summed E-state index contributed by atoms with van der Waals surface area (Å²) in [5.74, 6) is -0.673. The van der Waals surface area contributed by atoms with Crippen molar-refractivity contribution in [1.82, 2.24) is 4.98 Å². The number of aromatic carboxylic acids is 1. The second-order valence-corrected chi connectivity index (χ2v) is 3.27. The van der Waals surface area contributed by atoms with Gasteiger partial charge in [-0.3, -0.25) is 0 Å². The van der Waals surface area contributed by atoms with Crippen LogP contribution in [-0.2, 0) is 0 Å². The second kappa shape index (κ2) is 5.31. The Bertz CT molecular complexity index is 339. The van der Waals surface area contributed by atoms with E-state index in [2.05, 4.69) is 10.3 Å². The van der Waals surface area contributed by atoms with Crippen LogP contribution in [0.3, 0.4) is 0 Å². The normalized spacial score (nSPS) is 12.1. The molecule has 0 saturated heterocycles. The Hall–Kier alpha value is -1.62. The molecule has 0 unspecified atom stereocenters. The van der Waals surface area contributed by atoms with Gasteiger partial charge in [-0.15, -0.1) is 0 Å².